The van der Waals surface area contributed by atoms with E-state index < -0.39 is 0 Å². The van der Waals surface area contributed by atoms with Crippen molar-refractivity contribution in [1.29, 1.82) is 0 Å². The lowest BCUT2D eigenvalue weighted by molar-refractivity contribution is 0.787. The molecule has 0 spiro atoms. The zero-order chi connectivity index (χ0) is 11.1. The summed E-state index contributed by atoms with van der Waals surface area (Å²) in [5.74, 6) is 1.48. The second kappa shape index (κ2) is 3.30. The van der Waals surface area contributed by atoms with Crippen molar-refractivity contribution in [3.63, 3.8) is 0 Å². The van der Waals surface area contributed by atoms with Gasteiger partial charge in [0.1, 0.15) is 12.1 Å². The maximum absolute atomic E-state index is 6.08. The van der Waals surface area contributed by atoms with Crippen molar-refractivity contribution in [2.45, 2.75) is 26.2 Å². The van der Waals surface area contributed by atoms with Gasteiger partial charge in [0.2, 0.25) is 0 Å². The number of rotatable bonds is 1. The molecule has 0 amide bonds. The van der Waals surface area contributed by atoms with E-state index in [1.54, 1.807) is 4.68 Å². The van der Waals surface area contributed by atoms with E-state index in [1.807, 2.05) is 13.0 Å². The van der Waals surface area contributed by atoms with E-state index in [9.17, 15) is 0 Å². The third-order valence-corrected chi connectivity index (χ3v) is 2.95. The molecular formula is C11H13N5. The highest BCUT2D eigenvalue weighted by atomic mass is 15.3. The average molecular weight is 215 g/mol. The van der Waals surface area contributed by atoms with Gasteiger partial charge >= 0.3 is 0 Å². The first-order valence-corrected chi connectivity index (χ1v) is 5.41. The molecule has 0 saturated carbocycles. The Morgan fingerprint density at radius 1 is 1.31 bits per heavy atom. The summed E-state index contributed by atoms with van der Waals surface area (Å²) >= 11 is 0. The van der Waals surface area contributed by atoms with Crippen LogP contribution in [0.3, 0.4) is 0 Å². The molecule has 3 rings (SSSR count). The number of aryl methyl sites for hydroxylation is 2. The lowest BCUT2D eigenvalue weighted by atomic mass is 10.2. The molecule has 1 aliphatic rings. The maximum Gasteiger partial charge on any atom is 0.159 e. The minimum atomic E-state index is 0.727. The predicted molar refractivity (Wildman–Crippen MR) is 60.3 cm³/mol. The lowest BCUT2D eigenvalue weighted by Crippen LogP contribution is -2.06. The fourth-order valence-electron chi connectivity index (χ4n) is 2.15. The third kappa shape index (κ3) is 1.28. The molecule has 16 heavy (non-hydrogen) atoms. The largest absolute Gasteiger partial charge is 0.383 e. The summed E-state index contributed by atoms with van der Waals surface area (Å²) in [7, 11) is 0. The van der Waals surface area contributed by atoms with Gasteiger partial charge in [-0.3, -0.25) is 0 Å². The first-order valence-electron chi connectivity index (χ1n) is 5.41. The monoisotopic (exact) mass is 215 g/mol. The van der Waals surface area contributed by atoms with Crippen molar-refractivity contribution >= 4 is 5.82 Å². The molecule has 0 atom stereocenters. The number of hydrogen-bond donors (Lipinski definition) is 1. The van der Waals surface area contributed by atoms with Crippen molar-refractivity contribution in [2.24, 2.45) is 0 Å². The number of nitrogens with two attached hydrogens (primary N) is 1. The van der Waals surface area contributed by atoms with E-state index >= 15 is 0 Å². The summed E-state index contributed by atoms with van der Waals surface area (Å²) in [5, 5.41) is 4.50. The van der Waals surface area contributed by atoms with Gasteiger partial charge in [-0.1, -0.05) is 0 Å². The minimum Gasteiger partial charge on any atom is -0.383 e. The molecule has 0 radical (unpaired) electrons. The van der Waals surface area contributed by atoms with Crippen LogP contribution >= 0.6 is 0 Å². The summed E-state index contributed by atoms with van der Waals surface area (Å²) in [6, 6.07) is 1.89. The number of hydrogen-bond acceptors (Lipinski definition) is 4. The molecule has 5 nitrogen and oxygen atoms in total. The molecule has 0 bridgehead atoms. The third-order valence-electron chi connectivity index (χ3n) is 2.95. The molecule has 82 valence electrons. The van der Waals surface area contributed by atoms with Crippen LogP contribution in [-0.4, -0.2) is 19.7 Å². The van der Waals surface area contributed by atoms with Gasteiger partial charge in [-0.25, -0.2) is 9.97 Å². The maximum atomic E-state index is 6.08. The number of anilines is 1. The van der Waals surface area contributed by atoms with Gasteiger partial charge in [-0.2, -0.15) is 9.78 Å². The second-order valence-corrected chi connectivity index (χ2v) is 4.09. The van der Waals surface area contributed by atoms with Crippen LogP contribution in [0.4, 0.5) is 5.82 Å². The fourth-order valence-corrected chi connectivity index (χ4v) is 2.15. The SMILES string of the molecule is Cc1cc(-n2nc3c(c2N)CCC3)ncn1. The van der Waals surface area contributed by atoms with Crippen LogP contribution in [0.1, 0.15) is 23.4 Å². The Morgan fingerprint density at radius 3 is 2.94 bits per heavy atom. The quantitative estimate of drug-likeness (QED) is 0.771. The molecule has 0 unspecified atom stereocenters. The molecule has 5 heteroatoms. The topological polar surface area (TPSA) is 69.6 Å². The molecule has 2 heterocycles. The van der Waals surface area contributed by atoms with Crippen molar-refractivity contribution < 1.29 is 0 Å². The van der Waals surface area contributed by atoms with Crippen molar-refractivity contribution in [1.82, 2.24) is 19.7 Å². The highest BCUT2D eigenvalue weighted by Gasteiger charge is 2.21. The van der Waals surface area contributed by atoms with Crippen LogP contribution in [0.15, 0.2) is 12.4 Å². The Bertz CT molecular complexity index is 543. The Balaban J connectivity index is 2.14. The normalized spacial score (nSPS) is 14.1. The molecule has 2 aromatic rings. The Hall–Kier alpha value is -1.91. The number of nitrogen functional groups attached to an aromatic ring is 1. The Morgan fingerprint density at radius 2 is 2.19 bits per heavy atom. The smallest absolute Gasteiger partial charge is 0.159 e. The van der Waals surface area contributed by atoms with E-state index in [4.69, 9.17) is 5.73 Å². The molecule has 0 aliphatic heterocycles. The zero-order valence-electron chi connectivity index (χ0n) is 9.14. The summed E-state index contributed by atoms with van der Waals surface area (Å²) < 4.78 is 1.72. The standard InChI is InChI=1S/C11H13N5/c1-7-5-10(14-6-13-7)16-11(12)8-3-2-4-9(8)15-16/h5-6H,2-4,12H2,1H3. The van der Waals surface area contributed by atoms with Gasteiger partial charge in [0.15, 0.2) is 5.82 Å². The second-order valence-electron chi connectivity index (χ2n) is 4.09. The summed E-state index contributed by atoms with van der Waals surface area (Å²) in [5.41, 5.74) is 9.30. The van der Waals surface area contributed by atoms with Crippen molar-refractivity contribution in [3.8, 4) is 5.82 Å². The van der Waals surface area contributed by atoms with E-state index in [0.29, 0.717) is 0 Å². The minimum absolute atomic E-state index is 0.727. The number of aromatic nitrogens is 4. The lowest BCUT2D eigenvalue weighted by Gasteiger charge is -2.04. The Labute approximate surface area is 93.3 Å². The predicted octanol–water partition coefficient (Wildman–Crippen LogP) is 1.04. The van der Waals surface area contributed by atoms with Gasteiger partial charge in [-0.15, -0.1) is 0 Å². The van der Waals surface area contributed by atoms with E-state index in [1.165, 1.54) is 11.9 Å². The van der Waals surface area contributed by atoms with Crippen molar-refractivity contribution in [3.05, 3.63) is 29.3 Å². The van der Waals surface area contributed by atoms with Gasteiger partial charge < -0.3 is 5.73 Å². The molecular weight excluding hydrogens is 202 g/mol. The van der Waals surface area contributed by atoms with Gasteiger partial charge in [-0.05, 0) is 26.2 Å². The first kappa shape index (κ1) is 9.33. The van der Waals surface area contributed by atoms with E-state index in [2.05, 4.69) is 15.1 Å². The molecule has 2 N–H and O–H groups in total. The molecule has 0 saturated heterocycles. The van der Waals surface area contributed by atoms with Crippen LogP contribution in [-0.2, 0) is 12.8 Å². The summed E-state index contributed by atoms with van der Waals surface area (Å²) in [6.45, 7) is 1.93. The molecule has 0 fully saturated rings. The zero-order valence-corrected chi connectivity index (χ0v) is 9.14. The highest BCUT2D eigenvalue weighted by Crippen LogP contribution is 2.27. The fraction of sp³-hybridized carbons (Fsp3) is 0.364. The molecule has 0 aromatic carbocycles. The van der Waals surface area contributed by atoms with Gasteiger partial charge in [0.25, 0.3) is 0 Å². The number of fused-ring (bicyclic) bond motifs is 1. The van der Waals surface area contributed by atoms with Crippen LogP contribution in [0.25, 0.3) is 5.82 Å². The van der Waals surface area contributed by atoms with Gasteiger partial charge in [0.05, 0.1) is 5.69 Å². The molecule has 2 aromatic heterocycles. The van der Waals surface area contributed by atoms with Gasteiger partial charge in [0, 0.05) is 17.3 Å². The van der Waals surface area contributed by atoms with E-state index in [0.717, 1.165) is 42.3 Å². The van der Waals surface area contributed by atoms with E-state index in [-0.39, 0.29) is 0 Å². The average Bonchev–Trinajstić information content (AvgIpc) is 2.82. The van der Waals surface area contributed by atoms with Crippen LogP contribution < -0.4 is 5.73 Å². The number of nitrogens with zero attached hydrogens (tertiary/aromatic N) is 4. The Kier molecular flexibility index (Phi) is 1.92. The summed E-state index contributed by atoms with van der Waals surface area (Å²) in [6.07, 6.45) is 4.75. The molecule has 1 aliphatic carbocycles. The highest BCUT2D eigenvalue weighted by molar-refractivity contribution is 5.50. The summed E-state index contributed by atoms with van der Waals surface area (Å²) in [4.78, 5) is 8.26. The van der Waals surface area contributed by atoms with Crippen LogP contribution in [0.2, 0.25) is 0 Å². The first-order chi connectivity index (χ1) is 7.75. The van der Waals surface area contributed by atoms with Crippen LogP contribution in [0, 0.1) is 6.92 Å². The van der Waals surface area contributed by atoms with Crippen LogP contribution in [0.5, 0.6) is 0 Å². The van der Waals surface area contributed by atoms with Crippen molar-refractivity contribution in [2.75, 3.05) is 5.73 Å².